The molecular weight excluding hydrogens is 370 g/mol. The van der Waals surface area contributed by atoms with Crippen LogP contribution in [0.2, 0.25) is 5.02 Å². The molecule has 0 spiro atoms. The lowest BCUT2D eigenvalue weighted by Crippen LogP contribution is -2.03. The molecule has 0 aliphatic heterocycles. The van der Waals surface area contributed by atoms with Crippen molar-refractivity contribution in [1.29, 1.82) is 0 Å². The van der Waals surface area contributed by atoms with Gasteiger partial charge in [0.15, 0.2) is 0 Å². The van der Waals surface area contributed by atoms with E-state index in [9.17, 15) is 18.9 Å². The van der Waals surface area contributed by atoms with Crippen LogP contribution in [-0.2, 0) is 6.54 Å². The van der Waals surface area contributed by atoms with E-state index in [1.807, 2.05) is 0 Å². The monoisotopic (exact) mass is 376 g/mol. The topological polar surface area (TPSA) is 55.2 Å². The van der Waals surface area contributed by atoms with Gasteiger partial charge in [-0.25, -0.2) is 8.78 Å². The van der Waals surface area contributed by atoms with Crippen molar-refractivity contribution in [3.05, 3.63) is 67.1 Å². The molecule has 0 aromatic heterocycles. The Balaban J connectivity index is 2.24. The van der Waals surface area contributed by atoms with Gasteiger partial charge in [0.05, 0.1) is 14.4 Å². The molecule has 0 radical (unpaired) electrons. The smallest absolute Gasteiger partial charge is 0.293 e. The fraction of sp³-hybridized carbons (Fsp3) is 0.0769. The Hall–Kier alpha value is -1.73. The highest BCUT2D eigenvalue weighted by atomic mass is 79.9. The fourth-order valence-electron chi connectivity index (χ4n) is 1.68. The highest BCUT2D eigenvalue weighted by Crippen LogP contribution is 2.31. The zero-order valence-electron chi connectivity index (χ0n) is 10.4. The van der Waals surface area contributed by atoms with Crippen molar-refractivity contribution < 1.29 is 13.7 Å². The molecule has 8 heteroatoms. The van der Waals surface area contributed by atoms with Crippen LogP contribution in [-0.4, -0.2) is 4.92 Å². The van der Waals surface area contributed by atoms with Gasteiger partial charge in [0.2, 0.25) is 0 Å². The van der Waals surface area contributed by atoms with E-state index in [-0.39, 0.29) is 27.4 Å². The minimum absolute atomic E-state index is 0.00424. The lowest BCUT2D eigenvalue weighted by atomic mass is 10.2. The van der Waals surface area contributed by atoms with Crippen LogP contribution < -0.4 is 5.32 Å². The van der Waals surface area contributed by atoms with Gasteiger partial charge in [0.25, 0.3) is 5.69 Å². The molecule has 0 saturated heterocycles. The summed E-state index contributed by atoms with van der Waals surface area (Å²) in [6.45, 7) is 0.141. The second-order valence-electron chi connectivity index (χ2n) is 4.14. The van der Waals surface area contributed by atoms with Gasteiger partial charge in [-0.15, -0.1) is 0 Å². The van der Waals surface area contributed by atoms with Gasteiger partial charge >= 0.3 is 0 Å². The molecule has 0 bridgehead atoms. The molecule has 2 aromatic rings. The van der Waals surface area contributed by atoms with Crippen molar-refractivity contribution in [2.24, 2.45) is 0 Å². The SMILES string of the molecule is O=[N+]([O-])c1cc(Br)c(F)cc1NCc1ccc(F)c(Cl)c1. The Bertz CT molecular complexity index is 713. The Kier molecular flexibility index (Phi) is 4.74. The third-order valence-corrected chi connectivity index (χ3v) is 3.60. The van der Waals surface area contributed by atoms with Crippen molar-refractivity contribution in [3.63, 3.8) is 0 Å². The first kappa shape index (κ1) is 15.7. The Morgan fingerprint density at radius 3 is 2.57 bits per heavy atom. The number of halogens is 4. The second kappa shape index (κ2) is 6.36. The molecule has 2 rings (SSSR count). The van der Waals surface area contributed by atoms with E-state index in [1.165, 1.54) is 18.2 Å². The summed E-state index contributed by atoms with van der Waals surface area (Å²) in [5.41, 5.74) is 0.372. The summed E-state index contributed by atoms with van der Waals surface area (Å²) >= 11 is 8.54. The van der Waals surface area contributed by atoms with Crippen LogP contribution in [0.25, 0.3) is 0 Å². The van der Waals surface area contributed by atoms with E-state index >= 15 is 0 Å². The lowest BCUT2D eigenvalue weighted by Gasteiger charge is -2.09. The van der Waals surface area contributed by atoms with Crippen LogP contribution in [0, 0.1) is 21.7 Å². The van der Waals surface area contributed by atoms with Crippen molar-refractivity contribution in [2.45, 2.75) is 6.54 Å². The number of nitro groups is 1. The van der Waals surface area contributed by atoms with Gasteiger partial charge in [0, 0.05) is 18.7 Å². The Morgan fingerprint density at radius 1 is 1.24 bits per heavy atom. The molecule has 0 atom stereocenters. The molecule has 0 saturated carbocycles. The number of hydrogen-bond acceptors (Lipinski definition) is 3. The predicted molar refractivity (Wildman–Crippen MR) is 79.5 cm³/mol. The van der Waals surface area contributed by atoms with Crippen molar-refractivity contribution >= 4 is 38.9 Å². The summed E-state index contributed by atoms with van der Waals surface area (Å²) in [7, 11) is 0. The van der Waals surface area contributed by atoms with Crippen LogP contribution in [0.4, 0.5) is 20.2 Å². The fourth-order valence-corrected chi connectivity index (χ4v) is 2.21. The largest absolute Gasteiger partial charge is 0.375 e. The standard InChI is InChI=1S/C13H8BrClF2N2O2/c14-8-4-13(19(20)21)12(5-11(8)17)18-6-7-1-2-10(16)9(15)3-7/h1-5,18H,6H2. The first-order valence-electron chi connectivity index (χ1n) is 5.69. The number of nitrogens with one attached hydrogen (secondary N) is 1. The number of nitrogens with zero attached hydrogens (tertiary/aromatic N) is 1. The summed E-state index contributed by atoms with van der Waals surface area (Å²) in [6.07, 6.45) is 0. The van der Waals surface area contributed by atoms with Gasteiger partial charge in [-0.2, -0.15) is 0 Å². The van der Waals surface area contributed by atoms with Crippen LogP contribution in [0.3, 0.4) is 0 Å². The third-order valence-electron chi connectivity index (χ3n) is 2.70. The quantitative estimate of drug-likeness (QED) is 0.609. The minimum Gasteiger partial charge on any atom is -0.375 e. The molecule has 0 amide bonds. The average Bonchev–Trinajstić information content (AvgIpc) is 2.43. The summed E-state index contributed by atoms with van der Waals surface area (Å²) in [4.78, 5) is 10.3. The van der Waals surface area contributed by atoms with E-state index in [1.54, 1.807) is 0 Å². The molecule has 0 aliphatic carbocycles. The lowest BCUT2D eigenvalue weighted by molar-refractivity contribution is -0.384. The van der Waals surface area contributed by atoms with Crippen LogP contribution in [0.15, 0.2) is 34.8 Å². The second-order valence-corrected chi connectivity index (χ2v) is 5.40. The Labute approximate surface area is 132 Å². The third kappa shape index (κ3) is 3.68. The van der Waals surface area contributed by atoms with Crippen LogP contribution >= 0.6 is 27.5 Å². The average molecular weight is 378 g/mol. The molecule has 1 N–H and O–H groups in total. The molecule has 0 aliphatic rings. The maximum atomic E-state index is 13.5. The highest BCUT2D eigenvalue weighted by molar-refractivity contribution is 9.10. The van der Waals surface area contributed by atoms with E-state index in [4.69, 9.17) is 11.6 Å². The number of nitro benzene ring substituents is 1. The zero-order chi connectivity index (χ0) is 15.6. The molecule has 2 aromatic carbocycles. The summed E-state index contributed by atoms with van der Waals surface area (Å²) < 4.78 is 26.5. The molecular formula is C13H8BrClF2N2O2. The maximum Gasteiger partial charge on any atom is 0.293 e. The van der Waals surface area contributed by atoms with Crippen LogP contribution in [0.5, 0.6) is 0 Å². The molecule has 0 unspecified atom stereocenters. The summed E-state index contributed by atoms with van der Waals surface area (Å²) in [5, 5.41) is 13.6. The van der Waals surface area contributed by atoms with Gasteiger partial charge in [-0.1, -0.05) is 17.7 Å². The Morgan fingerprint density at radius 2 is 1.95 bits per heavy atom. The maximum absolute atomic E-state index is 13.5. The first-order valence-corrected chi connectivity index (χ1v) is 6.87. The van der Waals surface area contributed by atoms with Crippen molar-refractivity contribution in [2.75, 3.05) is 5.32 Å². The van der Waals surface area contributed by atoms with Crippen molar-refractivity contribution in [3.8, 4) is 0 Å². The van der Waals surface area contributed by atoms with E-state index in [0.29, 0.717) is 5.56 Å². The predicted octanol–water partition coefficient (Wildman–Crippen LogP) is 4.90. The molecule has 21 heavy (non-hydrogen) atoms. The van der Waals surface area contributed by atoms with Gasteiger partial charge in [-0.05, 0) is 33.6 Å². The van der Waals surface area contributed by atoms with Gasteiger partial charge < -0.3 is 5.32 Å². The first-order chi connectivity index (χ1) is 9.88. The van der Waals surface area contributed by atoms with Crippen LogP contribution in [0.1, 0.15) is 5.56 Å². The van der Waals surface area contributed by atoms with E-state index < -0.39 is 16.6 Å². The summed E-state index contributed by atoms with van der Waals surface area (Å²) in [6, 6.07) is 6.17. The minimum atomic E-state index is -0.625. The van der Waals surface area contributed by atoms with Crippen molar-refractivity contribution in [1.82, 2.24) is 0 Å². The zero-order valence-corrected chi connectivity index (χ0v) is 12.7. The molecule has 0 fully saturated rings. The molecule has 4 nitrogen and oxygen atoms in total. The van der Waals surface area contributed by atoms with E-state index in [0.717, 1.165) is 12.1 Å². The van der Waals surface area contributed by atoms with Gasteiger partial charge in [-0.3, -0.25) is 10.1 Å². The number of rotatable bonds is 4. The number of anilines is 1. The van der Waals surface area contributed by atoms with Gasteiger partial charge in [0.1, 0.15) is 17.3 Å². The molecule has 0 heterocycles. The van der Waals surface area contributed by atoms with E-state index in [2.05, 4.69) is 21.2 Å². The summed E-state index contributed by atoms with van der Waals surface area (Å²) in [5.74, 6) is -1.18. The normalized spacial score (nSPS) is 10.5. The molecule has 110 valence electrons. The number of benzene rings is 2. The number of hydrogen-bond donors (Lipinski definition) is 1. The highest BCUT2D eigenvalue weighted by Gasteiger charge is 2.17.